The molecule has 1 heterocycles. The number of hydrogen-bond donors (Lipinski definition) is 1. The van der Waals surface area contributed by atoms with Crippen molar-refractivity contribution in [2.24, 2.45) is 5.92 Å². The lowest BCUT2D eigenvalue weighted by Gasteiger charge is -2.17. The maximum absolute atomic E-state index is 13.8. The van der Waals surface area contributed by atoms with Gasteiger partial charge in [0.2, 0.25) is 0 Å². The Morgan fingerprint density at radius 3 is 2.75 bits per heavy atom. The van der Waals surface area contributed by atoms with Gasteiger partial charge in [-0.05, 0) is 50.4 Å². The molecule has 1 aromatic heterocycles. The summed E-state index contributed by atoms with van der Waals surface area (Å²) < 4.78 is 13.8. The summed E-state index contributed by atoms with van der Waals surface area (Å²) in [4.78, 5) is 5.58. The van der Waals surface area contributed by atoms with E-state index in [0.717, 1.165) is 36.5 Å². The van der Waals surface area contributed by atoms with Crippen molar-refractivity contribution in [1.82, 2.24) is 10.3 Å². The van der Waals surface area contributed by atoms with E-state index in [2.05, 4.69) is 17.2 Å². The molecule has 0 bridgehead atoms. The summed E-state index contributed by atoms with van der Waals surface area (Å²) in [5, 5.41) is 4.47. The maximum atomic E-state index is 13.8. The van der Waals surface area contributed by atoms with Crippen LogP contribution in [0.15, 0.2) is 30.5 Å². The Labute approximate surface area is 124 Å². The third-order valence-corrected chi connectivity index (χ3v) is 4.24. The largest absolute Gasteiger partial charge is 0.317 e. The molecule has 0 amide bonds. The van der Waals surface area contributed by atoms with E-state index in [4.69, 9.17) is 0 Å². The fourth-order valence-corrected chi connectivity index (χ4v) is 3.23. The zero-order valence-corrected chi connectivity index (χ0v) is 12.8. The third-order valence-electron chi connectivity index (χ3n) is 3.31. The molecule has 0 radical (unpaired) electrons. The van der Waals surface area contributed by atoms with Crippen LogP contribution in [-0.4, -0.2) is 18.1 Å². The normalized spacial score (nSPS) is 12.6. The van der Waals surface area contributed by atoms with Crippen LogP contribution in [0.25, 0.3) is 0 Å². The number of halogens is 1. The highest BCUT2D eigenvalue weighted by Crippen LogP contribution is 2.20. The first-order chi connectivity index (χ1) is 9.69. The molecule has 0 saturated carbocycles. The van der Waals surface area contributed by atoms with Gasteiger partial charge in [0.15, 0.2) is 0 Å². The van der Waals surface area contributed by atoms with Crippen LogP contribution in [0.5, 0.6) is 0 Å². The predicted molar refractivity (Wildman–Crippen MR) is 82.7 cm³/mol. The lowest BCUT2D eigenvalue weighted by Crippen LogP contribution is -2.25. The fourth-order valence-electron chi connectivity index (χ4n) is 2.32. The van der Waals surface area contributed by atoms with Crippen LogP contribution in [0.4, 0.5) is 4.39 Å². The minimum Gasteiger partial charge on any atom is -0.317 e. The number of nitrogens with zero attached hydrogens (tertiary/aromatic N) is 1. The van der Waals surface area contributed by atoms with Gasteiger partial charge in [-0.3, -0.25) is 0 Å². The lowest BCUT2D eigenvalue weighted by molar-refractivity contribution is 0.469. The second kappa shape index (κ2) is 7.50. The third kappa shape index (κ3) is 4.39. The van der Waals surface area contributed by atoms with E-state index in [9.17, 15) is 4.39 Å². The first-order valence-corrected chi connectivity index (χ1v) is 7.86. The number of rotatable bonds is 7. The van der Waals surface area contributed by atoms with Crippen LogP contribution in [0, 0.1) is 18.7 Å². The van der Waals surface area contributed by atoms with E-state index in [-0.39, 0.29) is 5.82 Å². The van der Waals surface area contributed by atoms with Gasteiger partial charge in [-0.15, -0.1) is 11.3 Å². The van der Waals surface area contributed by atoms with Crippen molar-refractivity contribution in [1.29, 1.82) is 0 Å². The van der Waals surface area contributed by atoms with Crippen LogP contribution in [0.1, 0.15) is 22.4 Å². The first-order valence-electron chi connectivity index (χ1n) is 7.04. The van der Waals surface area contributed by atoms with Gasteiger partial charge >= 0.3 is 0 Å². The van der Waals surface area contributed by atoms with Crippen LogP contribution in [0.2, 0.25) is 0 Å². The molecule has 1 unspecified atom stereocenters. The topological polar surface area (TPSA) is 24.9 Å². The molecule has 4 heteroatoms. The molecule has 108 valence electrons. The summed E-state index contributed by atoms with van der Waals surface area (Å²) in [6.45, 7) is 5.96. The van der Waals surface area contributed by atoms with Crippen molar-refractivity contribution in [2.45, 2.75) is 26.7 Å². The summed E-state index contributed by atoms with van der Waals surface area (Å²) >= 11 is 1.73. The summed E-state index contributed by atoms with van der Waals surface area (Å²) in [6.07, 6.45) is 3.66. The number of hydrogen-bond acceptors (Lipinski definition) is 3. The Balaban J connectivity index is 2.05. The molecule has 0 spiro atoms. The summed E-state index contributed by atoms with van der Waals surface area (Å²) in [5.41, 5.74) is 0.802. The zero-order chi connectivity index (χ0) is 14.4. The van der Waals surface area contributed by atoms with E-state index in [1.807, 2.05) is 25.3 Å². The van der Waals surface area contributed by atoms with E-state index in [0.29, 0.717) is 5.92 Å². The minimum atomic E-state index is -0.102. The van der Waals surface area contributed by atoms with Gasteiger partial charge in [0.1, 0.15) is 5.82 Å². The second-order valence-corrected chi connectivity index (χ2v) is 6.34. The van der Waals surface area contributed by atoms with Gasteiger partial charge in [0.05, 0.1) is 5.01 Å². The number of nitrogens with one attached hydrogen (secondary N) is 1. The van der Waals surface area contributed by atoms with Crippen LogP contribution in [0.3, 0.4) is 0 Å². The molecule has 1 N–H and O–H groups in total. The van der Waals surface area contributed by atoms with Gasteiger partial charge in [0, 0.05) is 11.1 Å². The molecular weight excluding hydrogens is 271 g/mol. The summed E-state index contributed by atoms with van der Waals surface area (Å²) in [7, 11) is 0. The van der Waals surface area contributed by atoms with Gasteiger partial charge < -0.3 is 5.32 Å². The molecule has 0 saturated heterocycles. The summed E-state index contributed by atoms with van der Waals surface area (Å²) in [5.74, 6) is 0.293. The molecular formula is C16H21FN2S. The molecule has 0 aliphatic rings. The van der Waals surface area contributed by atoms with Crippen LogP contribution < -0.4 is 5.32 Å². The van der Waals surface area contributed by atoms with Gasteiger partial charge in [-0.25, -0.2) is 9.37 Å². The lowest BCUT2D eigenvalue weighted by atomic mass is 9.95. The van der Waals surface area contributed by atoms with E-state index in [1.165, 1.54) is 10.9 Å². The predicted octanol–water partition coefficient (Wildman–Crippen LogP) is 3.60. The number of aryl methyl sites for hydroxylation is 1. The molecule has 1 atom stereocenters. The average molecular weight is 292 g/mol. The van der Waals surface area contributed by atoms with E-state index in [1.54, 1.807) is 17.4 Å². The Morgan fingerprint density at radius 1 is 1.30 bits per heavy atom. The molecule has 0 aliphatic heterocycles. The molecule has 20 heavy (non-hydrogen) atoms. The molecule has 0 fully saturated rings. The van der Waals surface area contributed by atoms with Crippen molar-refractivity contribution in [3.8, 4) is 0 Å². The monoisotopic (exact) mass is 292 g/mol. The highest BCUT2D eigenvalue weighted by molar-refractivity contribution is 7.11. The van der Waals surface area contributed by atoms with Crippen molar-refractivity contribution >= 4 is 11.3 Å². The van der Waals surface area contributed by atoms with Gasteiger partial charge in [-0.2, -0.15) is 0 Å². The molecule has 2 nitrogen and oxygen atoms in total. The van der Waals surface area contributed by atoms with Crippen LogP contribution in [-0.2, 0) is 12.8 Å². The number of aromatic nitrogens is 1. The SMILES string of the molecule is CCNCC(Cc1cnc(C)s1)Cc1ccccc1F. The van der Waals surface area contributed by atoms with Crippen molar-refractivity contribution in [2.75, 3.05) is 13.1 Å². The van der Waals surface area contributed by atoms with E-state index >= 15 is 0 Å². The standard InChI is InChI=1S/C16H21FN2S/c1-3-18-10-13(9-15-11-19-12(2)20-15)8-14-6-4-5-7-16(14)17/h4-7,11,13,18H,3,8-10H2,1-2H3. The first kappa shape index (κ1) is 15.1. The molecule has 2 rings (SSSR count). The van der Waals surface area contributed by atoms with Crippen molar-refractivity contribution < 1.29 is 4.39 Å². The number of benzene rings is 1. The summed E-state index contributed by atoms with van der Waals surface area (Å²) in [6, 6.07) is 7.06. The minimum absolute atomic E-state index is 0.102. The highest BCUT2D eigenvalue weighted by atomic mass is 32.1. The second-order valence-electron chi connectivity index (χ2n) is 5.02. The maximum Gasteiger partial charge on any atom is 0.126 e. The van der Waals surface area contributed by atoms with Crippen molar-refractivity contribution in [3.05, 3.63) is 51.7 Å². The molecule has 2 aromatic rings. The van der Waals surface area contributed by atoms with Crippen LogP contribution >= 0.6 is 11.3 Å². The zero-order valence-electron chi connectivity index (χ0n) is 12.0. The van der Waals surface area contributed by atoms with Crippen molar-refractivity contribution in [3.63, 3.8) is 0 Å². The highest BCUT2D eigenvalue weighted by Gasteiger charge is 2.14. The Morgan fingerprint density at radius 2 is 2.10 bits per heavy atom. The van der Waals surface area contributed by atoms with E-state index < -0.39 is 0 Å². The molecule has 1 aromatic carbocycles. The Kier molecular flexibility index (Phi) is 5.68. The quantitative estimate of drug-likeness (QED) is 0.843. The average Bonchev–Trinajstić information content (AvgIpc) is 2.84. The number of thiazole rings is 1. The Bertz CT molecular complexity index is 539. The molecule has 0 aliphatic carbocycles. The smallest absolute Gasteiger partial charge is 0.126 e. The fraction of sp³-hybridized carbons (Fsp3) is 0.438. The van der Waals surface area contributed by atoms with Gasteiger partial charge in [-0.1, -0.05) is 25.1 Å². The Hall–Kier alpha value is -1.26. The van der Waals surface area contributed by atoms with Gasteiger partial charge in [0.25, 0.3) is 0 Å².